The highest BCUT2D eigenvalue weighted by atomic mass is 19.1. The maximum Gasteiger partial charge on any atom is 0.123 e. The zero-order valence-corrected chi connectivity index (χ0v) is 13.2. The van der Waals surface area contributed by atoms with Crippen LogP contribution >= 0.6 is 0 Å². The van der Waals surface area contributed by atoms with E-state index in [4.69, 9.17) is 0 Å². The molecule has 0 radical (unpaired) electrons. The van der Waals surface area contributed by atoms with Crippen molar-refractivity contribution in [3.05, 3.63) is 90.7 Å². The molecule has 0 saturated carbocycles. The van der Waals surface area contributed by atoms with Gasteiger partial charge in [0.05, 0.1) is 11.4 Å². The average Bonchev–Trinajstić information content (AvgIpc) is 3.09. The number of hydrogen-bond acceptors (Lipinski definition) is 3. The summed E-state index contributed by atoms with van der Waals surface area (Å²) >= 11 is 0. The Bertz CT molecular complexity index is 743. The molecule has 3 aromatic carbocycles. The van der Waals surface area contributed by atoms with Crippen LogP contribution in [0.4, 0.5) is 21.5 Å². The average molecular weight is 319 g/mol. The topological polar surface area (TPSA) is 9.72 Å². The molecule has 3 nitrogen and oxygen atoms in total. The standard InChI is InChI=1S/C20H18FN3/c21-17-11-13-18(14-12-17)22-15-23(19-7-3-1-4-8-19)24(16-22)20-9-5-2-6-10-20/h1-14H,15-16H2. The lowest BCUT2D eigenvalue weighted by Crippen LogP contribution is -2.36. The van der Waals surface area contributed by atoms with Crippen LogP contribution in [0.1, 0.15) is 0 Å². The lowest BCUT2D eigenvalue weighted by atomic mass is 10.3. The molecule has 1 aliphatic heterocycles. The van der Waals surface area contributed by atoms with E-state index >= 15 is 0 Å². The molecule has 0 N–H and O–H groups in total. The van der Waals surface area contributed by atoms with E-state index in [0.717, 1.165) is 17.1 Å². The van der Waals surface area contributed by atoms with Gasteiger partial charge in [-0.3, -0.25) is 10.0 Å². The number of hydrazine groups is 1. The highest BCUT2D eigenvalue weighted by Crippen LogP contribution is 2.30. The summed E-state index contributed by atoms with van der Waals surface area (Å²) in [7, 11) is 0. The maximum atomic E-state index is 13.2. The Morgan fingerprint density at radius 1 is 0.542 bits per heavy atom. The van der Waals surface area contributed by atoms with Crippen LogP contribution in [-0.2, 0) is 0 Å². The molecule has 0 spiro atoms. The second kappa shape index (κ2) is 6.24. The first-order chi connectivity index (χ1) is 11.8. The van der Waals surface area contributed by atoms with Crippen molar-refractivity contribution in [3.8, 4) is 0 Å². The zero-order valence-electron chi connectivity index (χ0n) is 13.2. The van der Waals surface area contributed by atoms with E-state index in [2.05, 4.69) is 39.2 Å². The molecular weight excluding hydrogens is 301 g/mol. The van der Waals surface area contributed by atoms with Gasteiger partial charge in [-0.1, -0.05) is 36.4 Å². The fourth-order valence-corrected chi connectivity index (χ4v) is 2.98. The van der Waals surface area contributed by atoms with Gasteiger partial charge >= 0.3 is 0 Å². The number of nitrogens with zero attached hydrogens (tertiary/aromatic N) is 3. The Morgan fingerprint density at radius 2 is 1.00 bits per heavy atom. The van der Waals surface area contributed by atoms with Crippen LogP contribution in [0.25, 0.3) is 0 Å². The number of hydrogen-bond donors (Lipinski definition) is 0. The van der Waals surface area contributed by atoms with Crippen molar-refractivity contribution in [2.75, 3.05) is 28.3 Å². The van der Waals surface area contributed by atoms with Crippen molar-refractivity contribution in [1.29, 1.82) is 0 Å². The van der Waals surface area contributed by atoms with Crippen LogP contribution in [0.15, 0.2) is 84.9 Å². The molecule has 0 unspecified atom stereocenters. The first-order valence-corrected chi connectivity index (χ1v) is 7.97. The molecule has 1 heterocycles. The highest BCUT2D eigenvalue weighted by Gasteiger charge is 2.28. The summed E-state index contributed by atoms with van der Waals surface area (Å²) in [5.41, 5.74) is 3.27. The Labute approximate surface area is 141 Å². The fraction of sp³-hybridized carbons (Fsp3) is 0.100. The van der Waals surface area contributed by atoms with E-state index in [9.17, 15) is 4.39 Å². The minimum atomic E-state index is -0.210. The van der Waals surface area contributed by atoms with Gasteiger partial charge in [0.2, 0.25) is 0 Å². The van der Waals surface area contributed by atoms with E-state index in [1.54, 1.807) is 0 Å². The zero-order chi connectivity index (χ0) is 16.4. The maximum absolute atomic E-state index is 13.2. The highest BCUT2D eigenvalue weighted by molar-refractivity contribution is 5.63. The van der Waals surface area contributed by atoms with Gasteiger partial charge in [0, 0.05) is 5.69 Å². The molecule has 0 aliphatic carbocycles. The first-order valence-electron chi connectivity index (χ1n) is 7.97. The van der Waals surface area contributed by atoms with Crippen LogP contribution in [0, 0.1) is 5.82 Å². The number of anilines is 3. The van der Waals surface area contributed by atoms with Crippen molar-refractivity contribution in [2.45, 2.75) is 0 Å². The molecule has 0 bridgehead atoms. The smallest absolute Gasteiger partial charge is 0.123 e. The van der Waals surface area contributed by atoms with Crippen LogP contribution < -0.4 is 14.9 Å². The Kier molecular flexibility index (Phi) is 3.79. The Morgan fingerprint density at radius 3 is 1.46 bits per heavy atom. The third-order valence-corrected chi connectivity index (χ3v) is 4.20. The molecule has 3 aromatic rings. The molecule has 0 amide bonds. The largest absolute Gasteiger partial charge is 0.332 e. The third kappa shape index (κ3) is 2.78. The summed E-state index contributed by atoms with van der Waals surface area (Å²) in [4.78, 5) is 2.22. The minimum absolute atomic E-state index is 0.210. The molecule has 4 heteroatoms. The monoisotopic (exact) mass is 319 g/mol. The van der Waals surface area contributed by atoms with Gasteiger partial charge in [-0.2, -0.15) is 0 Å². The number of rotatable bonds is 3. The number of para-hydroxylation sites is 2. The van der Waals surface area contributed by atoms with Crippen LogP contribution in [0.2, 0.25) is 0 Å². The van der Waals surface area contributed by atoms with Gasteiger partial charge in [0.15, 0.2) is 0 Å². The van der Waals surface area contributed by atoms with Gasteiger partial charge in [-0.25, -0.2) is 4.39 Å². The summed E-state index contributed by atoms with van der Waals surface area (Å²) in [5.74, 6) is -0.210. The van der Waals surface area contributed by atoms with E-state index in [1.165, 1.54) is 12.1 Å². The molecular formula is C20H18FN3. The fourth-order valence-electron chi connectivity index (χ4n) is 2.98. The minimum Gasteiger partial charge on any atom is -0.332 e. The van der Waals surface area contributed by atoms with Crippen molar-refractivity contribution < 1.29 is 4.39 Å². The quantitative estimate of drug-likeness (QED) is 0.704. The predicted octanol–water partition coefficient (Wildman–Crippen LogP) is 4.49. The van der Waals surface area contributed by atoms with Gasteiger partial charge in [0.1, 0.15) is 19.2 Å². The molecule has 0 atom stereocenters. The molecule has 0 aromatic heterocycles. The van der Waals surface area contributed by atoms with Crippen LogP contribution in [-0.4, -0.2) is 13.3 Å². The Hall–Kier alpha value is -3.01. The van der Waals surface area contributed by atoms with Crippen LogP contribution in [0.3, 0.4) is 0 Å². The lowest BCUT2D eigenvalue weighted by Gasteiger charge is -2.29. The molecule has 24 heavy (non-hydrogen) atoms. The molecule has 1 aliphatic rings. The van der Waals surface area contributed by atoms with Crippen LogP contribution in [0.5, 0.6) is 0 Å². The van der Waals surface area contributed by atoms with Crippen molar-refractivity contribution in [2.24, 2.45) is 0 Å². The summed E-state index contributed by atoms with van der Waals surface area (Å²) in [6, 6.07) is 27.3. The van der Waals surface area contributed by atoms with E-state index < -0.39 is 0 Å². The Balaban J connectivity index is 1.68. The van der Waals surface area contributed by atoms with Crippen molar-refractivity contribution in [1.82, 2.24) is 0 Å². The van der Waals surface area contributed by atoms with E-state index in [1.807, 2.05) is 48.5 Å². The first kappa shape index (κ1) is 14.6. The second-order valence-electron chi connectivity index (χ2n) is 5.77. The van der Waals surface area contributed by atoms with E-state index in [-0.39, 0.29) is 5.82 Å². The van der Waals surface area contributed by atoms with Crippen molar-refractivity contribution >= 4 is 17.1 Å². The van der Waals surface area contributed by atoms with Crippen molar-refractivity contribution in [3.63, 3.8) is 0 Å². The van der Waals surface area contributed by atoms with Gasteiger partial charge in [-0.05, 0) is 48.5 Å². The van der Waals surface area contributed by atoms with Gasteiger partial charge in [-0.15, -0.1) is 0 Å². The summed E-state index contributed by atoms with van der Waals surface area (Å²) < 4.78 is 13.2. The predicted molar refractivity (Wildman–Crippen MR) is 96.5 cm³/mol. The summed E-state index contributed by atoms with van der Waals surface area (Å²) in [6.07, 6.45) is 0. The van der Waals surface area contributed by atoms with Gasteiger partial charge < -0.3 is 4.90 Å². The normalized spacial score (nSPS) is 14.3. The van der Waals surface area contributed by atoms with E-state index in [0.29, 0.717) is 13.3 Å². The second-order valence-corrected chi connectivity index (χ2v) is 5.77. The SMILES string of the molecule is Fc1ccc(N2CN(c3ccccc3)N(c3ccccc3)C2)cc1. The molecule has 120 valence electrons. The molecule has 1 fully saturated rings. The number of benzene rings is 3. The summed E-state index contributed by atoms with van der Waals surface area (Å²) in [6.45, 7) is 1.43. The molecule has 4 rings (SSSR count). The van der Waals surface area contributed by atoms with Gasteiger partial charge in [0.25, 0.3) is 0 Å². The third-order valence-electron chi connectivity index (χ3n) is 4.20. The summed E-state index contributed by atoms with van der Waals surface area (Å²) in [5, 5.41) is 4.47. The lowest BCUT2D eigenvalue weighted by molar-refractivity contribution is 0.627. The molecule has 1 saturated heterocycles. The number of halogens is 1.